The normalized spacial score (nSPS) is 27.7. The maximum absolute atomic E-state index is 11.9. The third kappa shape index (κ3) is 4.33. The van der Waals surface area contributed by atoms with E-state index in [2.05, 4.69) is 6.92 Å². The third-order valence-corrected chi connectivity index (χ3v) is 3.51. The molecule has 88 valence electrons. The molecule has 0 radical (unpaired) electrons. The molecule has 1 aliphatic carbocycles. The van der Waals surface area contributed by atoms with Gasteiger partial charge in [0.05, 0.1) is 0 Å². The predicted octanol–water partition coefficient (Wildman–Crippen LogP) is 2.90. The molecule has 0 saturated heterocycles. The second-order valence-corrected chi connectivity index (χ2v) is 5.76. The van der Waals surface area contributed by atoms with E-state index >= 15 is 0 Å². The minimum absolute atomic E-state index is 0.302. The fourth-order valence-corrected chi connectivity index (χ4v) is 2.49. The number of carbonyl (C=O) groups is 1. The second-order valence-electron chi connectivity index (χ2n) is 5.76. The molecule has 0 bridgehead atoms. The van der Waals surface area contributed by atoms with Crippen LogP contribution in [0.25, 0.3) is 0 Å². The van der Waals surface area contributed by atoms with E-state index in [-0.39, 0.29) is 5.54 Å². The van der Waals surface area contributed by atoms with Gasteiger partial charge in [-0.25, -0.2) is 0 Å². The molecular weight excluding hydrogens is 186 g/mol. The molecular formula is C13H25NO. The first-order valence-corrected chi connectivity index (χ1v) is 6.24. The molecule has 1 rings (SSSR count). The van der Waals surface area contributed by atoms with E-state index in [4.69, 9.17) is 5.73 Å². The Labute approximate surface area is 93.6 Å². The first-order valence-electron chi connectivity index (χ1n) is 6.24. The van der Waals surface area contributed by atoms with Crippen LogP contribution >= 0.6 is 0 Å². The van der Waals surface area contributed by atoms with E-state index in [0.717, 1.165) is 18.8 Å². The Hall–Kier alpha value is -0.370. The standard InChI is InChI=1S/C13H25NO/c1-4-10-5-7-11(8-6-10)12(15)9-13(2,3)14/h10-11H,4-9,14H2,1-3H3. The summed E-state index contributed by atoms with van der Waals surface area (Å²) >= 11 is 0. The number of hydrogen-bond acceptors (Lipinski definition) is 2. The number of Topliss-reactive ketones (excluding diaryl/α,β-unsaturated/α-hetero) is 1. The Kier molecular flexibility index (Phi) is 4.32. The molecule has 0 unspecified atom stereocenters. The molecule has 2 nitrogen and oxygen atoms in total. The van der Waals surface area contributed by atoms with Crippen molar-refractivity contribution >= 4 is 5.78 Å². The molecule has 2 heteroatoms. The maximum Gasteiger partial charge on any atom is 0.137 e. The Morgan fingerprint density at radius 1 is 1.27 bits per heavy atom. The van der Waals surface area contributed by atoms with Gasteiger partial charge in [0.2, 0.25) is 0 Å². The summed E-state index contributed by atoms with van der Waals surface area (Å²) in [6.45, 7) is 6.11. The Bertz CT molecular complexity index is 209. The highest BCUT2D eigenvalue weighted by atomic mass is 16.1. The summed E-state index contributed by atoms with van der Waals surface area (Å²) in [6, 6.07) is 0. The predicted molar refractivity (Wildman–Crippen MR) is 63.6 cm³/mol. The molecule has 0 heterocycles. The number of hydrogen-bond donors (Lipinski definition) is 1. The van der Waals surface area contributed by atoms with Gasteiger partial charge in [0, 0.05) is 17.9 Å². The van der Waals surface area contributed by atoms with Gasteiger partial charge in [0.15, 0.2) is 0 Å². The molecule has 15 heavy (non-hydrogen) atoms. The number of carbonyl (C=O) groups excluding carboxylic acids is 1. The summed E-state index contributed by atoms with van der Waals surface area (Å²) in [7, 11) is 0. The summed E-state index contributed by atoms with van der Waals surface area (Å²) in [5.41, 5.74) is 5.54. The van der Waals surface area contributed by atoms with Gasteiger partial charge in [-0.3, -0.25) is 4.79 Å². The van der Waals surface area contributed by atoms with Crippen molar-refractivity contribution in [3.63, 3.8) is 0 Å². The van der Waals surface area contributed by atoms with Gasteiger partial charge in [-0.2, -0.15) is 0 Å². The van der Waals surface area contributed by atoms with E-state index in [0.29, 0.717) is 18.1 Å². The minimum Gasteiger partial charge on any atom is -0.325 e. The smallest absolute Gasteiger partial charge is 0.137 e. The van der Waals surface area contributed by atoms with Gasteiger partial charge < -0.3 is 5.73 Å². The van der Waals surface area contributed by atoms with Crippen molar-refractivity contribution < 1.29 is 4.79 Å². The Morgan fingerprint density at radius 2 is 1.80 bits per heavy atom. The van der Waals surface area contributed by atoms with Crippen molar-refractivity contribution in [2.75, 3.05) is 0 Å². The fourth-order valence-electron chi connectivity index (χ4n) is 2.49. The highest BCUT2D eigenvalue weighted by molar-refractivity contribution is 5.82. The summed E-state index contributed by atoms with van der Waals surface area (Å²) in [5.74, 6) is 1.55. The van der Waals surface area contributed by atoms with Gasteiger partial charge in [-0.05, 0) is 45.4 Å². The first kappa shape index (κ1) is 12.7. The zero-order valence-corrected chi connectivity index (χ0v) is 10.4. The van der Waals surface area contributed by atoms with Crippen molar-refractivity contribution in [1.29, 1.82) is 0 Å². The van der Waals surface area contributed by atoms with Crippen LogP contribution in [0.2, 0.25) is 0 Å². The molecule has 0 aromatic carbocycles. The maximum atomic E-state index is 11.9. The lowest BCUT2D eigenvalue weighted by molar-refractivity contribution is -0.125. The molecule has 1 saturated carbocycles. The molecule has 0 spiro atoms. The second kappa shape index (κ2) is 5.11. The summed E-state index contributed by atoms with van der Waals surface area (Å²) in [5, 5.41) is 0. The summed E-state index contributed by atoms with van der Waals surface area (Å²) in [6.07, 6.45) is 6.45. The monoisotopic (exact) mass is 211 g/mol. The van der Waals surface area contributed by atoms with Crippen LogP contribution in [0.5, 0.6) is 0 Å². The van der Waals surface area contributed by atoms with Crippen LogP contribution in [-0.4, -0.2) is 11.3 Å². The number of nitrogens with two attached hydrogens (primary N) is 1. The average Bonchev–Trinajstić information content (AvgIpc) is 2.15. The van der Waals surface area contributed by atoms with E-state index in [1.807, 2.05) is 13.8 Å². The first-order chi connectivity index (χ1) is 6.92. The topological polar surface area (TPSA) is 43.1 Å². The lowest BCUT2D eigenvalue weighted by Gasteiger charge is -2.28. The van der Waals surface area contributed by atoms with Gasteiger partial charge in [-0.15, -0.1) is 0 Å². The molecule has 0 amide bonds. The van der Waals surface area contributed by atoms with Crippen molar-refractivity contribution in [3.05, 3.63) is 0 Å². The summed E-state index contributed by atoms with van der Waals surface area (Å²) < 4.78 is 0. The SMILES string of the molecule is CCC1CCC(C(=O)CC(C)(C)N)CC1. The van der Waals surface area contributed by atoms with Crippen molar-refractivity contribution in [1.82, 2.24) is 0 Å². The molecule has 1 fully saturated rings. The molecule has 0 aromatic rings. The van der Waals surface area contributed by atoms with Crippen LogP contribution in [-0.2, 0) is 4.79 Å². The molecule has 0 atom stereocenters. The highest BCUT2D eigenvalue weighted by Gasteiger charge is 2.27. The minimum atomic E-state index is -0.335. The van der Waals surface area contributed by atoms with Crippen LogP contribution in [0.15, 0.2) is 0 Å². The van der Waals surface area contributed by atoms with Gasteiger partial charge in [-0.1, -0.05) is 13.3 Å². The van der Waals surface area contributed by atoms with Gasteiger partial charge in [0.25, 0.3) is 0 Å². The zero-order chi connectivity index (χ0) is 11.5. The molecule has 0 aliphatic heterocycles. The fraction of sp³-hybridized carbons (Fsp3) is 0.923. The van der Waals surface area contributed by atoms with E-state index in [1.54, 1.807) is 0 Å². The van der Waals surface area contributed by atoms with E-state index < -0.39 is 0 Å². The number of ketones is 1. The third-order valence-electron chi connectivity index (χ3n) is 3.51. The number of rotatable bonds is 4. The molecule has 2 N–H and O–H groups in total. The quantitative estimate of drug-likeness (QED) is 0.777. The van der Waals surface area contributed by atoms with Crippen LogP contribution < -0.4 is 5.73 Å². The van der Waals surface area contributed by atoms with Gasteiger partial charge >= 0.3 is 0 Å². The van der Waals surface area contributed by atoms with Crippen LogP contribution in [0, 0.1) is 11.8 Å². The lowest BCUT2D eigenvalue weighted by atomic mass is 9.77. The zero-order valence-electron chi connectivity index (χ0n) is 10.4. The van der Waals surface area contributed by atoms with Crippen molar-refractivity contribution in [3.8, 4) is 0 Å². The van der Waals surface area contributed by atoms with Crippen LogP contribution in [0.1, 0.15) is 59.3 Å². The lowest BCUT2D eigenvalue weighted by Crippen LogP contribution is -2.37. The highest BCUT2D eigenvalue weighted by Crippen LogP contribution is 2.32. The van der Waals surface area contributed by atoms with Crippen LogP contribution in [0.4, 0.5) is 0 Å². The Balaban J connectivity index is 2.37. The van der Waals surface area contributed by atoms with Crippen molar-refractivity contribution in [2.45, 2.75) is 64.8 Å². The molecule has 1 aliphatic rings. The largest absolute Gasteiger partial charge is 0.325 e. The van der Waals surface area contributed by atoms with E-state index in [1.165, 1.54) is 19.3 Å². The van der Waals surface area contributed by atoms with E-state index in [9.17, 15) is 4.79 Å². The van der Waals surface area contributed by atoms with Gasteiger partial charge in [0.1, 0.15) is 5.78 Å². The molecule has 0 aromatic heterocycles. The van der Waals surface area contributed by atoms with Crippen molar-refractivity contribution in [2.24, 2.45) is 17.6 Å². The summed E-state index contributed by atoms with van der Waals surface area (Å²) in [4.78, 5) is 11.9. The Morgan fingerprint density at radius 3 is 2.20 bits per heavy atom. The van der Waals surface area contributed by atoms with Crippen LogP contribution in [0.3, 0.4) is 0 Å². The average molecular weight is 211 g/mol.